The standard InChI is InChI=1S/C15H30N2O2/c1-12(2)17(13(3)4)15(19)11-16-9-6-5-7-14(16)8-10-18/h12-14,18H,5-11H2,1-4H3. The molecule has 1 rings (SSSR count). The molecule has 0 aromatic heterocycles. The first-order chi connectivity index (χ1) is 8.97. The molecule has 0 aromatic carbocycles. The summed E-state index contributed by atoms with van der Waals surface area (Å²) < 4.78 is 0. The van der Waals surface area contributed by atoms with E-state index in [1.807, 2.05) is 4.90 Å². The fourth-order valence-electron chi connectivity index (χ4n) is 3.17. The molecule has 0 radical (unpaired) electrons. The predicted octanol–water partition coefficient (Wildman–Crippen LogP) is 1.87. The lowest BCUT2D eigenvalue weighted by molar-refractivity contribution is -0.137. The highest BCUT2D eigenvalue weighted by Gasteiger charge is 2.27. The van der Waals surface area contributed by atoms with Crippen molar-refractivity contribution in [1.82, 2.24) is 9.80 Å². The largest absolute Gasteiger partial charge is 0.396 e. The molecule has 0 saturated carbocycles. The Balaban J connectivity index is 2.62. The number of aliphatic hydroxyl groups is 1. The maximum Gasteiger partial charge on any atom is 0.237 e. The van der Waals surface area contributed by atoms with E-state index >= 15 is 0 Å². The monoisotopic (exact) mass is 270 g/mol. The van der Waals surface area contributed by atoms with Crippen LogP contribution in [-0.4, -0.2) is 58.6 Å². The second-order valence-corrected chi connectivity index (χ2v) is 6.12. The van der Waals surface area contributed by atoms with Gasteiger partial charge in [0, 0.05) is 24.7 Å². The van der Waals surface area contributed by atoms with Gasteiger partial charge in [0.25, 0.3) is 0 Å². The SMILES string of the molecule is CC(C)N(C(=O)CN1CCCCC1CCO)C(C)C. The fraction of sp³-hybridized carbons (Fsp3) is 0.933. The van der Waals surface area contributed by atoms with Gasteiger partial charge in [0.2, 0.25) is 5.91 Å². The average Bonchev–Trinajstić information content (AvgIpc) is 2.30. The Labute approximate surface area is 117 Å². The minimum Gasteiger partial charge on any atom is -0.396 e. The summed E-state index contributed by atoms with van der Waals surface area (Å²) in [6.07, 6.45) is 4.28. The number of hydrogen-bond acceptors (Lipinski definition) is 3. The molecule has 1 aliphatic heterocycles. The van der Waals surface area contributed by atoms with E-state index in [1.165, 1.54) is 12.8 Å². The van der Waals surface area contributed by atoms with Crippen molar-refractivity contribution in [3.63, 3.8) is 0 Å². The Morgan fingerprint density at radius 1 is 1.26 bits per heavy atom. The van der Waals surface area contributed by atoms with E-state index in [1.54, 1.807) is 0 Å². The van der Waals surface area contributed by atoms with Crippen LogP contribution < -0.4 is 0 Å². The highest BCUT2D eigenvalue weighted by atomic mass is 16.3. The van der Waals surface area contributed by atoms with E-state index in [0.717, 1.165) is 19.4 Å². The Morgan fingerprint density at radius 3 is 2.42 bits per heavy atom. The van der Waals surface area contributed by atoms with Gasteiger partial charge in [-0.25, -0.2) is 0 Å². The van der Waals surface area contributed by atoms with Crippen molar-refractivity contribution in [3.8, 4) is 0 Å². The number of aliphatic hydroxyl groups excluding tert-OH is 1. The lowest BCUT2D eigenvalue weighted by Crippen LogP contribution is -2.50. The van der Waals surface area contributed by atoms with Gasteiger partial charge in [-0.1, -0.05) is 6.42 Å². The second kappa shape index (κ2) is 7.85. The van der Waals surface area contributed by atoms with E-state index in [-0.39, 0.29) is 24.6 Å². The van der Waals surface area contributed by atoms with Crippen LogP contribution in [-0.2, 0) is 4.79 Å². The summed E-state index contributed by atoms with van der Waals surface area (Å²) in [4.78, 5) is 16.7. The Morgan fingerprint density at radius 2 is 1.89 bits per heavy atom. The normalized spacial score (nSPS) is 21.1. The summed E-state index contributed by atoms with van der Waals surface area (Å²) in [7, 11) is 0. The number of carbonyl (C=O) groups excluding carboxylic acids is 1. The second-order valence-electron chi connectivity index (χ2n) is 6.12. The first-order valence-corrected chi connectivity index (χ1v) is 7.63. The zero-order valence-corrected chi connectivity index (χ0v) is 12.9. The molecule has 0 aliphatic carbocycles. The Hall–Kier alpha value is -0.610. The summed E-state index contributed by atoms with van der Waals surface area (Å²) >= 11 is 0. The molecule has 0 aromatic rings. The highest BCUT2D eigenvalue weighted by Crippen LogP contribution is 2.20. The van der Waals surface area contributed by atoms with Gasteiger partial charge >= 0.3 is 0 Å². The van der Waals surface area contributed by atoms with Gasteiger partial charge in [-0.15, -0.1) is 0 Å². The zero-order chi connectivity index (χ0) is 14.4. The third kappa shape index (κ3) is 4.77. The highest BCUT2D eigenvalue weighted by molar-refractivity contribution is 5.78. The van der Waals surface area contributed by atoms with Crippen LogP contribution in [0.4, 0.5) is 0 Å². The van der Waals surface area contributed by atoms with Crippen molar-refractivity contribution >= 4 is 5.91 Å². The molecule has 0 bridgehead atoms. The van der Waals surface area contributed by atoms with Gasteiger partial charge in [0.1, 0.15) is 0 Å². The smallest absolute Gasteiger partial charge is 0.237 e. The summed E-state index contributed by atoms with van der Waals surface area (Å²) in [5.41, 5.74) is 0. The first kappa shape index (κ1) is 16.4. The molecule has 1 fully saturated rings. The number of piperidine rings is 1. The topological polar surface area (TPSA) is 43.8 Å². The van der Waals surface area contributed by atoms with E-state index in [0.29, 0.717) is 12.6 Å². The van der Waals surface area contributed by atoms with Crippen molar-refractivity contribution in [2.75, 3.05) is 19.7 Å². The van der Waals surface area contributed by atoms with Crippen LogP contribution in [0, 0.1) is 0 Å². The molecule has 0 spiro atoms. The molecule has 19 heavy (non-hydrogen) atoms. The number of nitrogens with zero attached hydrogens (tertiary/aromatic N) is 2. The molecular weight excluding hydrogens is 240 g/mol. The average molecular weight is 270 g/mol. The van der Waals surface area contributed by atoms with Gasteiger partial charge in [-0.2, -0.15) is 0 Å². The van der Waals surface area contributed by atoms with Gasteiger partial charge < -0.3 is 10.0 Å². The molecule has 1 heterocycles. The van der Waals surface area contributed by atoms with Crippen molar-refractivity contribution in [1.29, 1.82) is 0 Å². The number of likely N-dealkylation sites (tertiary alicyclic amines) is 1. The van der Waals surface area contributed by atoms with Crippen LogP contribution in [0.1, 0.15) is 53.4 Å². The maximum absolute atomic E-state index is 12.5. The minimum atomic E-state index is 0.216. The van der Waals surface area contributed by atoms with Crippen molar-refractivity contribution in [2.45, 2.75) is 71.5 Å². The van der Waals surface area contributed by atoms with Crippen LogP contribution >= 0.6 is 0 Å². The third-order valence-electron chi connectivity index (χ3n) is 3.95. The predicted molar refractivity (Wildman–Crippen MR) is 78.0 cm³/mol. The van der Waals surface area contributed by atoms with Crippen LogP contribution in [0.15, 0.2) is 0 Å². The van der Waals surface area contributed by atoms with Gasteiger partial charge in [0.05, 0.1) is 6.54 Å². The summed E-state index contributed by atoms with van der Waals surface area (Å²) in [6, 6.07) is 0.867. The molecule has 1 unspecified atom stereocenters. The number of carbonyl (C=O) groups is 1. The fourth-order valence-corrected chi connectivity index (χ4v) is 3.17. The van der Waals surface area contributed by atoms with Crippen LogP contribution in [0.3, 0.4) is 0 Å². The molecule has 1 aliphatic rings. The van der Waals surface area contributed by atoms with E-state index in [4.69, 9.17) is 5.11 Å². The van der Waals surface area contributed by atoms with Crippen molar-refractivity contribution < 1.29 is 9.90 Å². The summed E-state index contributed by atoms with van der Waals surface area (Å²) in [6.45, 7) is 9.98. The lowest BCUT2D eigenvalue weighted by atomic mass is 9.99. The summed E-state index contributed by atoms with van der Waals surface area (Å²) in [5, 5.41) is 9.13. The zero-order valence-electron chi connectivity index (χ0n) is 12.9. The molecular formula is C15H30N2O2. The maximum atomic E-state index is 12.5. The number of rotatable bonds is 6. The minimum absolute atomic E-state index is 0.216. The van der Waals surface area contributed by atoms with Crippen LogP contribution in [0.25, 0.3) is 0 Å². The lowest BCUT2D eigenvalue weighted by Gasteiger charge is -2.38. The van der Waals surface area contributed by atoms with Crippen molar-refractivity contribution in [2.24, 2.45) is 0 Å². The number of hydrogen-bond donors (Lipinski definition) is 1. The molecule has 1 N–H and O–H groups in total. The molecule has 1 atom stereocenters. The molecule has 4 nitrogen and oxygen atoms in total. The van der Waals surface area contributed by atoms with Crippen molar-refractivity contribution in [3.05, 3.63) is 0 Å². The van der Waals surface area contributed by atoms with E-state index in [2.05, 4.69) is 32.6 Å². The van der Waals surface area contributed by atoms with Crippen LogP contribution in [0.5, 0.6) is 0 Å². The van der Waals surface area contributed by atoms with E-state index in [9.17, 15) is 4.79 Å². The molecule has 1 saturated heterocycles. The molecule has 112 valence electrons. The first-order valence-electron chi connectivity index (χ1n) is 7.63. The Bertz CT molecular complexity index is 269. The molecule has 1 amide bonds. The molecule has 4 heteroatoms. The van der Waals surface area contributed by atoms with E-state index < -0.39 is 0 Å². The van der Waals surface area contributed by atoms with Gasteiger partial charge in [-0.3, -0.25) is 9.69 Å². The number of amides is 1. The summed E-state index contributed by atoms with van der Waals surface area (Å²) in [5.74, 6) is 0.217. The van der Waals surface area contributed by atoms with Gasteiger partial charge in [0.15, 0.2) is 0 Å². The van der Waals surface area contributed by atoms with Crippen LogP contribution in [0.2, 0.25) is 0 Å². The van der Waals surface area contributed by atoms with Gasteiger partial charge in [-0.05, 0) is 53.5 Å². The third-order valence-corrected chi connectivity index (χ3v) is 3.95. The Kier molecular flexibility index (Phi) is 6.80. The quantitative estimate of drug-likeness (QED) is 0.801.